The summed E-state index contributed by atoms with van der Waals surface area (Å²) in [5, 5.41) is 7.28. The highest BCUT2D eigenvalue weighted by atomic mass is 19.1. The third kappa shape index (κ3) is 3.20. The van der Waals surface area contributed by atoms with Gasteiger partial charge in [0.05, 0.1) is 11.8 Å². The number of nitrogens with two attached hydrogens (primary N) is 1. The van der Waals surface area contributed by atoms with Gasteiger partial charge in [0.25, 0.3) is 0 Å². The summed E-state index contributed by atoms with van der Waals surface area (Å²) in [5.74, 6) is -0.337. The second kappa shape index (κ2) is 6.35. The summed E-state index contributed by atoms with van der Waals surface area (Å²) in [6.07, 6.45) is 3.50. The lowest BCUT2D eigenvalue weighted by molar-refractivity contribution is -0.0466. The van der Waals surface area contributed by atoms with Crippen LogP contribution in [-0.2, 0) is 4.74 Å². The van der Waals surface area contributed by atoms with Crippen LogP contribution in [0, 0.1) is 5.41 Å². The van der Waals surface area contributed by atoms with E-state index in [0.717, 1.165) is 6.21 Å². The summed E-state index contributed by atoms with van der Waals surface area (Å²) < 4.78 is 19.2. The summed E-state index contributed by atoms with van der Waals surface area (Å²) in [4.78, 5) is 1.82. The first-order valence-electron chi connectivity index (χ1n) is 5.87. The molecular weight excluding hydrogens is 233 g/mol. The Balaban J connectivity index is 2.84. The molecule has 0 saturated carbocycles. The molecule has 100 valence electrons. The van der Waals surface area contributed by atoms with Crippen molar-refractivity contribution in [2.45, 2.75) is 26.1 Å². The van der Waals surface area contributed by atoms with Gasteiger partial charge in [-0.05, 0) is 19.9 Å². The van der Waals surface area contributed by atoms with Crippen LogP contribution in [-0.4, -0.2) is 36.4 Å². The number of hydrogen-bond acceptors (Lipinski definition) is 4. The van der Waals surface area contributed by atoms with Gasteiger partial charge in [0, 0.05) is 31.1 Å². The van der Waals surface area contributed by atoms with Gasteiger partial charge in [-0.3, -0.25) is 0 Å². The maximum absolute atomic E-state index is 13.5. The summed E-state index contributed by atoms with van der Waals surface area (Å²) in [5.41, 5.74) is 6.38. The summed E-state index contributed by atoms with van der Waals surface area (Å²) >= 11 is 0. The number of halogens is 1. The predicted molar refractivity (Wildman–Crippen MR) is 71.0 cm³/mol. The van der Waals surface area contributed by atoms with E-state index in [1.165, 1.54) is 12.3 Å². The summed E-state index contributed by atoms with van der Waals surface area (Å²) in [6.45, 7) is 8.30. The monoisotopic (exact) mass is 253 g/mol. The molecule has 2 unspecified atom stereocenters. The number of nitrogens with one attached hydrogen (secondary N) is 1. The molecule has 0 amide bonds. The molecule has 4 nitrogen and oxygen atoms in total. The van der Waals surface area contributed by atoms with Gasteiger partial charge in [-0.15, -0.1) is 0 Å². The van der Waals surface area contributed by atoms with Crippen molar-refractivity contribution in [3.05, 3.63) is 36.0 Å². The molecule has 1 saturated heterocycles. The van der Waals surface area contributed by atoms with E-state index >= 15 is 0 Å². The molecule has 1 aliphatic rings. The van der Waals surface area contributed by atoms with E-state index in [-0.39, 0.29) is 18.0 Å². The summed E-state index contributed by atoms with van der Waals surface area (Å²) in [7, 11) is 0. The van der Waals surface area contributed by atoms with E-state index in [1.54, 1.807) is 6.92 Å². The first-order valence-corrected chi connectivity index (χ1v) is 5.87. The van der Waals surface area contributed by atoms with Gasteiger partial charge < -0.3 is 20.8 Å². The Labute approximate surface area is 107 Å². The Bertz CT molecular complexity index is 390. The largest absolute Gasteiger partial charge is 0.404 e. The van der Waals surface area contributed by atoms with Crippen molar-refractivity contribution in [3.63, 3.8) is 0 Å². The molecule has 0 radical (unpaired) electrons. The lowest BCUT2D eigenvalue weighted by Crippen LogP contribution is -2.47. The van der Waals surface area contributed by atoms with Gasteiger partial charge in [0.1, 0.15) is 11.9 Å². The lowest BCUT2D eigenvalue weighted by Gasteiger charge is -2.38. The number of hydrogen-bond donors (Lipinski definition) is 2. The normalized spacial score (nSPS) is 26.1. The van der Waals surface area contributed by atoms with Crippen LogP contribution < -0.4 is 5.73 Å². The van der Waals surface area contributed by atoms with Gasteiger partial charge in [-0.1, -0.05) is 6.58 Å². The van der Waals surface area contributed by atoms with Crippen molar-refractivity contribution in [3.8, 4) is 0 Å². The average molecular weight is 253 g/mol. The van der Waals surface area contributed by atoms with Crippen molar-refractivity contribution < 1.29 is 9.13 Å². The maximum Gasteiger partial charge on any atom is 0.141 e. The SMILES string of the molecule is C=C(/C(F)=C\C)N1CC(C)OC(/C(C=N)=C/N)C1. The average Bonchev–Trinajstić information content (AvgIpc) is 2.37. The van der Waals surface area contributed by atoms with E-state index < -0.39 is 0 Å². The Kier molecular flexibility index (Phi) is 5.09. The van der Waals surface area contributed by atoms with Crippen LogP contribution in [0.5, 0.6) is 0 Å². The van der Waals surface area contributed by atoms with Gasteiger partial charge in [-0.25, -0.2) is 4.39 Å². The Hall–Kier alpha value is -1.62. The van der Waals surface area contributed by atoms with Gasteiger partial charge in [0.2, 0.25) is 0 Å². The number of ether oxygens (including phenoxy) is 1. The van der Waals surface area contributed by atoms with Crippen molar-refractivity contribution in [1.82, 2.24) is 4.90 Å². The fourth-order valence-corrected chi connectivity index (χ4v) is 1.92. The third-order valence-corrected chi connectivity index (χ3v) is 2.90. The van der Waals surface area contributed by atoms with Gasteiger partial charge in [0.15, 0.2) is 0 Å². The Morgan fingerprint density at radius 2 is 2.22 bits per heavy atom. The summed E-state index contributed by atoms with van der Waals surface area (Å²) in [6, 6.07) is 0. The number of rotatable bonds is 4. The van der Waals surface area contributed by atoms with Crippen LogP contribution >= 0.6 is 0 Å². The fourth-order valence-electron chi connectivity index (χ4n) is 1.92. The zero-order valence-electron chi connectivity index (χ0n) is 10.8. The molecule has 3 N–H and O–H groups in total. The van der Waals surface area contributed by atoms with Crippen LogP contribution in [0.15, 0.2) is 36.0 Å². The predicted octanol–water partition coefficient (Wildman–Crippen LogP) is 1.95. The zero-order chi connectivity index (χ0) is 13.7. The lowest BCUT2D eigenvalue weighted by atomic mass is 10.1. The van der Waals surface area contributed by atoms with Crippen LogP contribution in [0.1, 0.15) is 13.8 Å². The second-order valence-electron chi connectivity index (χ2n) is 4.23. The molecule has 1 fully saturated rings. The van der Waals surface area contributed by atoms with E-state index in [2.05, 4.69) is 6.58 Å². The smallest absolute Gasteiger partial charge is 0.141 e. The maximum atomic E-state index is 13.5. The molecule has 0 aromatic carbocycles. The van der Waals surface area contributed by atoms with Crippen molar-refractivity contribution in [2.24, 2.45) is 5.73 Å². The second-order valence-corrected chi connectivity index (χ2v) is 4.23. The van der Waals surface area contributed by atoms with Crippen molar-refractivity contribution in [1.29, 1.82) is 5.41 Å². The Morgan fingerprint density at radius 1 is 1.56 bits per heavy atom. The van der Waals surface area contributed by atoms with Crippen LogP contribution in [0.4, 0.5) is 4.39 Å². The Morgan fingerprint density at radius 3 is 2.72 bits per heavy atom. The minimum absolute atomic E-state index is 0.0694. The van der Waals surface area contributed by atoms with E-state index in [9.17, 15) is 4.39 Å². The quantitative estimate of drug-likeness (QED) is 0.594. The number of nitrogens with zero attached hydrogens (tertiary/aromatic N) is 1. The van der Waals surface area contributed by atoms with Crippen LogP contribution in [0.2, 0.25) is 0 Å². The molecule has 5 heteroatoms. The van der Waals surface area contributed by atoms with Crippen molar-refractivity contribution in [2.75, 3.05) is 13.1 Å². The molecule has 18 heavy (non-hydrogen) atoms. The van der Waals surface area contributed by atoms with Gasteiger partial charge in [-0.2, -0.15) is 0 Å². The molecule has 1 heterocycles. The minimum atomic E-state index is -0.337. The molecule has 0 aliphatic carbocycles. The first kappa shape index (κ1) is 14.4. The molecule has 2 atom stereocenters. The van der Waals surface area contributed by atoms with Crippen LogP contribution in [0.25, 0.3) is 0 Å². The highest BCUT2D eigenvalue weighted by molar-refractivity contribution is 5.77. The number of allylic oxidation sites excluding steroid dienone is 2. The molecule has 0 aromatic heterocycles. The van der Waals surface area contributed by atoms with Crippen molar-refractivity contribution >= 4 is 6.21 Å². The molecule has 0 aromatic rings. The highest BCUT2D eigenvalue weighted by Crippen LogP contribution is 2.23. The number of morpholine rings is 1. The highest BCUT2D eigenvalue weighted by Gasteiger charge is 2.28. The minimum Gasteiger partial charge on any atom is -0.404 e. The molecule has 1 rings (SSSR count). The van der Waals surface area contributed by atoms with E-state index in [4.69, 9.17) is 15.9 Å². The van der Waals surface area contributed by atoms with E-state index in [0.29, 0.717) is 24.4 Å². The third-order valence-electron chi connectivity index (χ3n) is 2.90. The van der Waals surface area contributed by atoms with Gasteiger partial charge >= 0.3 is 0 Å². The first-order chi connectivity index (χ1) is 8.53. The molecule has 0 spiro atoms. The topological polar surface area (TPSA) is 62.3 Å². The molecular formula is C13H20FN3O. The van der Waals surface area contributed by atoms with Crippen LogP contribution in [0.3, 0.4) is 0 Å². The zero-order valence-corrected chi connectivity index (χ0v) is 10.8. The molecule has 1 aliphatic heterocycles. The van der Waals surface area contributed by atoms with E-state index in [1.807, 2.05) is 11.8 Å². The standard InChI is InChI=1S/C13H20FN3O/c1-4-12(14)10(3)17-7-9(2)18-13(8-17)11(5-15)6-16/h4-6,9,13,15H,3,7-8,16H2,1-2H3/b11-6+,12-4+,15-5?. The molecule has 0 bridgehead atoms. The fraction of sp³-hybridized carbons (Fsp3) is 0.462.